The molecule has 1 aromatic carbocycles. The molecule has 0 atom stereocenters. The van der Waals surface area contributed by atoms with Crippen LogP contribution >= 0.6 is 11.8 Å². The summed E-state index contributed by atoms with van der Waals surface area (Å²) in [6.45, 7) is 2.18. The molecule has 17 heavy (non-hydrogen) atoms. The monoisotopic (exact) mass is 250 g/mol. The zero-order chi connectivity index (χ0) is 12.5. The molecule has 0 saturated carbocycles. The smallest absolute Gasteiger partial charge is 0.328 e. The second kappa shape index (κ2) is 7.96. The summed E-state index contributed by atoms with van der Waals surface area (Å²) in [5.74, 6) is 1.20. The average Bonchev–Trinajstić information content (AvgIpc) is 2.33. The van der Waals surface area contributed by atoms with Gasteiger partial charge < -0.3 is 5.11 Å². The van der Waals surface area contributed by atoms with E-state index in [4.69, 9.17) is 5.11 Å². The highest BCUT2D eigenvalue weighted by molar-refractivity contribution is 7.98. The van der Waals surface area contributed by atoms with E-state index in [9.17, 15) is 4.79 Å². The Morgan fingerprint density at radius 1 is 1.41 bits per heavy atom. The van der Waals surface area contributed by atoms with E-state index in [1.54, 1.807) is 6.08 Å². The highest BCUT2D eigenvalue weighted by Crippen LogP contribution is 2.18. The van der Waals surface area contributed by atoms with Gasteiger partial charge in [-0.25, -0.2) is 4.79 Å². The second-order valence-electron chi connectivity index (χ2n) is 3.78. The Morgan fingerprint density at radius 2 is 2.18 bits per heavy atom. The van der Waals surface area contributed by atoms with E-state index >= 15 is 0 Å². The largest absolute Gasteiger partial charge is 0.478 e. The van der Waals surface area contributed by atoms with Gasteiger partial charge in [0, 0.05) is 11.8 Å². The predicted octanol–water partition coefficient (Wildman–Crippen LogP) is 3.82. The molecule has 0 aliphatic heterocycles. The quantitative estimate of drug-likeness (QED) is 0.590. The van der Waals surface area contributed by atoms with Gasteiger partial charge in [-0.05, 0) is 29.4 Å². The number of hydrogen-bond acceptors (Lipinski definition) is 2. The van der Waals surface area contributed by atoms with Crippen molar-refractivity contribution in [3.8, 4) is 0 Å². The maximum atomic E-state index is 10.5. The maximum absolute atomic E-state index is 10.5. The lowest BCUT2D eigenvalue weighted by Gasteiger charge is -2.05. The second-order valence-corrected chi connectivity index (χ2v) is 4.88. The standard InChI is InChI=1S/C14H18O2S/c1-2-3-10-17-11-13-7-5-4-6-12(13)8-9-14(15)16/h4-9H,2-3,10-11H2,1H3,(H,15,16)/b9-8+. The van der Waals surface area contributed by atoms with Gasteiger partial charge in [-0.1, -0.05) is 37.6 Å². The zero-order valence-corrected chi connectivity index (χ0v) is 10.9. The molecule has 0 saturated heterocycles. The average molecular weight is 250 g/mol. The molecule has 0 aromatic heterocycles. The van der Waals surface area contributed by atoms with E-state index in [2.05, 4.69) is 13.0 Å². The van der Waals surface area contributed by atoms with Gasteiger partial charge >= 0.3 is 5.97 Å². The molecule has 0 fully saturated rings. The lowest BCUT2D eigenvalue weighted by molar-refractivity contribution is -0.131. The van der Waals surface area contributed by atoms with E-state index in [-0.39, 0.29) is 0 Å². The van der Waals surface area contributed by atoms with Gasteiger partial charge in [0.05, 0.1) is 0 Å². The van der Waals surface area contributed by atoms with Crippen molar-refractivity contribution in [2.24, 2.45) is 0 Å². The summed E-state index contributed by atoms with van der Waals surface area (Å²) in [5.41, 5.74) is 2.20. The summed E-state index contributed by atoms with van der Waals surface area (Å²) >= 11 is 1.90. The fraction of sp³-hybridized carbons (Fsp3) is 0.357. The van der Waals surface area contributed by atoms with Crippen molar-refractivity contribution in [2.75, 3.05) is 5.75 Å². The van der Waals surface area contributed by atoms with Crippen molar-refractivity contribution in [3.05, 3.63) is 41.5 Å². The fourth-order valence-corrected chi connectivity index (χ4v) is 2.54. The molecular formula is C14H18O2S. The molecule has 0 aliphatic rings. The van der Waals surface area contributed by atoms with Crippen molar-refractivity contribution >= 4 is 23.8 Å². The number of aliphatic carboxylic acids is 1. The molecule has 0 heterocycles. The summed E-state index contributed by atoms with van der Waals surface area (Å²) in [7, 11) is 0. The number of thioether (sulfide) groups is 1. The third-order valence-corrected chi connectivity index (χ3v) is 3.45. The minimum absolute atomic E-state index is 0.904. The van der Waals surface area contributed by atoms with Crippen LogP contribution in [-0.4, -0.2) is 16.8 Å². The van der Waals surface area contributed by atoms with Crippen LogP contribution in [0.4, 0.5) is 0 Å². The molecule has 1 N–H and O–H groups in total. The van der Waals surface area contributed by atoms with Crippen molar-refractivity contribution < 1.29 is 9.90 Å². The van der Waals surface area contributed by atoms with E-state index in [1.807, 2.05) is 30.0 Å². The third kappa shape index (κ3) is 5.59. The predicted molar refractivity (Wildman–Crippen MR) is 74.2 cm³/mol. The molecule has 2 nitrogen and oxygen atoms in total. The Bertz CT molecular complexity index is 386. The number of hydrogen-bond donors (Lipinski definition) is 1. The van der Waals surface area contributed by atoms with Crippen LogP contribution in [0.25, 0.3) is 6.08 Å². The number of carbonyl (C=O) groups is 1. The molecule has 92 valence electrons. The highest BCUT2D eigenvalue weighted by Gasteiger charge is 1.99. The first-order chi connectivity index (χ1) is 8.24. The lowest BCUT2D eigenvalue weighted by atomic mass is 10.1. The van der Waals surface area contributed by atoms with E-state index in [1.165, 1.54) is 24.5 Å². The van der Waals surface area contributed by atoms with Crippen molar-refractivity contribution in [2.45, 2.75) is 25.5 Å². The van der Waals surface area contributed by atoms with Crippen molar-refractivity contribution in [1.82, 2.24) is 0 Å². The van der Waals surface area contributed by atoms with Crippen LogP contribution in [-0.2, 0) is 10.5 Å². The summed E-state index contributed by atoms with van der Waals surface area (Å²) in [4.78, 5) is 10.5. The summed E-state index contributed by atoms with van der Waals surface area (Å²) in [6.07, 6.45) is 5.30. The molecular weight excluding hydrogens is 232 g/mol. The molecule has 0 aliphatic carbocycles. The molecule has 3 heteroatoms. The Balaban J connectivity index is 2.61. The van der Waals surface area contributed by atoms with E-state index in [0.29, 0.717) is 0 Å². The van der Waals surface area contributed by atoms with Gasteiger partial charge in [-0.3, -0.25) is 0 Å². The maximum Gasteiger partial charge on any atom is 0.328 e. The molecule has 0 amide bonds. The first-order valence-electron chi connectivity index (χ1n) is 5.80. The van der Waals surface area contributed by atoms with Gasteiger partial charge in [0.25, 0.3) is 0 Å². The van der Waals surface area contributed by atoms with Crippen LogP contribution < -0.4 is 0 Å². The number of unbranched alkanes of at least 4 members (excludes halogenated alkanes) is 1. The van der Waals surface area contributed by atoms with E-state index < -0.39 is 5.97 Å². The Morgan fingerprint density at radius 3 is 2.88 bits per heavy atom. The van der Waals surface area contributed by atoms with Crippen LogP contribution in [0.1, 0.15) is 30.9 Å². The molecule has 0 unspecified atom stereocenters. The Kier molecular flexibility index (Phi) is 6.48. The Labute approximate surface area is 107 Å². The first kappa shape index (κ1) is 13.8. The van der Waals surface area contributed by atoms with Gasteiger partial charge in [0.2, 0.25) is 0 Å². The normalized spacial score (nSPS) is 10.9. The lowest BCUT2D eigenvalue weighted by Crippen LogP contribution is -1.90. The van der Waals surface area contributed by atoms with Gasteiger partial charge in [-0.2, -0.15) is 11.8 Å². The summed E-state index contributed by atoms with van der Waals surface area (Å²) in [5, 5.41) is 8.62. The van der Waals surface area contributed by atoms with Gasteiger partial charge in [-0.15, -0.1) is 0 Å². The molecule has 1 rings (SSSR count). The van der Waals surface area contributed by atoms with Crippen molar-refractivity contribution in [3.63, 3.8) is 0 Å². The summed E-state index contributed by atoms with van der Waals surface area (Å²) in [6, 6.07) is 7.94. The molecule has 0 bridgehead atoms. The number of carboxylic acid groups (broad SMARTS) is 1. The topological polar surface area (TPSA) is 37.3 Å². The summed E-state index contributed by atoms with van der Waals surface area (Å²) < 4.78 is 0. The minimum atomic E-state index is -0.904. The number of carboxylic acids is 1. The third-order valence-electron chi connectivity index (χ3n) is 2.36. The number of rotatable bonds is 7. The Hall–Kier alpha value is -1.22. The highest BCUT2D eigenvalue weighted by atomic mass is 32.2. The van der Waals surface area contributed by atoms with Gasteiger partial charge in [0.1, 0.15) is 0 Å². The van der Waals surface area contributed by atoms with Crippen LogP contribution in [0.3, 0.4) is 0 Å². The fourth-order valence-electron chi connectivity index (χ4n) is 1.42. The SMILES string of the molecule is CCCCSCc1ccccc1/C=C/C(=O)O. The van der Waals surface area contributed by atoms with Gasteiger partial charge in [0.15, 0.2) is 0 Å². The zero-order valence-electron chi connectivity index (χ0n) is 10.1. The minimum Gasteiger partial charge on any atom is -0.478 e. The van der Waals surface area contributed by atoms with Crippen LogP contribution in [0.2, 0.25) is 0 Å². The first-order valence-corrected chi connectivity index (χ1v) is 6.96. The molecule has 1 aromatic rings. The molecule has 0 radical (unpaired) electrons. The number of benzene rings is 1. The molecule has 0 spiro atoms. The van der Waals surface area contributed by atoms with Crippen LogP contribution in [0, 0.1) is 0 Å². The van der Waals surface area contributed by atoms with Crippen LogP contribution in [0.15, 0.2) is 30.3 Å². The van der Waals surface area contributed by atoms with Crippen molar-refractivity contribution in [1.29, 1.82) is 0 Å². The van der Waals surface area contributed by atoms with E-state index in [0.717, 1.165) is 17.1 Å². The van der Waals surface area contributed by atoms with Crippen LogP contribution in [0.5, 0.6) is 0 Å².